The average molecular weight is 287 g/mol. The number of hydrogen-bond acceptors (Lipinski definition) is 4. The van der Waals surface area contributed by atoms with Gasteiger partial charge in [-0.05, 0) is 19.1 Å². The molecule has 0 aliphatic heterocycles. The normalized spacial score (nSPS) is 14.7. The van der Waals surface area contributed by atoms with Gasteiger partial charge in [-0.25, -0.2) is 13.1 Å². The van der Waals surface area contributed by atoms with Gasteiger partial charge >= 0.3 is 6.18 Å². The lowest BCUT2D eigenvalue weighted by Crippen LogP contribution is -2.35. The van der Waals surface area contributed by atoms with E-state index in [1.54, 1.807) is 0 Å². The van der Waals surface area contributed by atoms with Gasteiger partial charge in [-0.2, -0.15) is 13.2 Å². The van der Waals surface area contributed by atoms with Crippen LogP contribution in [0.1, 0.15) is 19.1 Å². The van der Waals surface area contributed by atoms with Crippen LogP contribution in [-0.4, -0.2) is 25.7 Å². The van der Waals surface area contributed by atoms with E-state index in [-0.39, 0.29) is 5.76 Å². The lowest BCUT2D eigenvalue weighted by molar-refractivity contribution is -0.137. The first-order valence-electron chi connectivity index (χ1n) is 4.93. The quantitative estimate of drug-likeness (QED) is 0.857. The Balaban J connectivity index is 2.76. The Morgan fingerprint density at radius 2 is 2.06 bits per heavy atom. The van der Waals surface area contributed by atoms with E-state index in [1.165, 1.54) is 6.07 Å². The highest BCUT2D eigenvalue weighted by Crippen LogP contribution is 2.22. The summed E-state index contributed by atoms with van der Waals surface area (Å²) in [6.07, 6.45) is -5.73. The third kappa shape index (κ3) is 4.31. The number of sulfonamides is 1. The first-order valence-corrected chi connectivity index (χ1v) is 6.41. The van der Waals surface area contributed by atoms with Crippen LogP contribution in [0.2, 0.25) is 0 Å². The van der Waals surface area contributed by atoms with Gasteiger partial charge in [0, 0.05) is 6.04 Å². The Kier molecular flexibility index (Phi) is 4.41. The number of aliphatic hydroxyl groups excluding tert-OH is 1. The fourth-order valence-electron chi connectivity index (χ4n) is 1.30. The summed E-state index contributed by atoms with van der Waals surface area (Å²) in [5.74, 6) is 0.0128. The van der Waals surface area contributed by atoms with Gasteiger partial charge in [0.25, 0.3) is 10.0 Å². The van der Waals surface area contributed by atoms with Crippen LogP contribution in [0, 0.1) is 0 Å². The standard InChI is InChI=1S/C9H12F3NO4S/c1-6(4-9(10,11)12)13-18(15,16)8-3-2-7(5-14)17-8/h2-3,6,13-14H,4-5H2,1H3. The van der Waals surface area contributed by atoms with Crippen LogP contribution in [0.15, 0.2) is 21.6 Å². The summed E-state index contributed by atoms with van der Waals surface area (Å²) in [5, 5.41) is 8.17. The highest BCUT2D eigenvalue weighted by molar-refractivity contribution is 7.89. The van der Waals surface area contributed by atoms with Crippen molar-refractivity contribution < 1.29 is 31.1 Å². The zero-order valence-electron chi connectivity index (χ0n) is 9.36. The van der Waals surface area contributed by atoms with Gasteiger partial charge in [0.05, 0.1) is 6.42 Å². The van der Waals surface area contributed by atoms with Gasteiger partial charge in [-0.3, -0.25) is 0 Å². The summed E-state index contributed by atoms with van der Waals surface area (Å²) in [6.45, 7) is 0.606. The molecule has 1 atom stereocenters. The zero-order valence-corrected chi connectivity index (χ0v) is 10.2. The molecular weight excluding hydrogens is 275 g/mol. The van der Waals surface area contributed by atoms with Gasteiger partial charge in [0.2, 0.25) is 5.09 Å². The molecule has 0 bridgehead atoms. The van der Waals surface area contributed by atoms with E-state index in [0.29, 0.717) is 0 Å². The lowest BCUT2D eigenvalue weighted by atomic mass is 10.2. The first-order chi connectivity index (χ1) is 8.14. The van der Waals surface area contributed by atoms with Crippen LogP contribution < -0.4 is 4.72 Å². The van der Waals surface area contributed by atoms with E-state index in [2.05, 4.69) is 0 Å². The fraction of sp³-hybridized carbons (Fsp3) is 0.556. The van der Waals surface area contributed by atoms with Gasteiger partial charge in [0.1, 0.15) is 12.4 Å². The minimum Gasteiger partial charge on any atom is -0.446 e. The number of alkyl halides is 3. The average Bonchev–Trinajstić information content (AvgIpc) is 2.61. The summed E-state index contributed by atoms with van der Waals surface area (Å²) in [4.78, 5) is 0. The number of aliphatic hydroxyl groups is 1. The monoisotopic (exact) mass is 287 g/mol. The third-order valence-electron chi connectivity index (χ3n) is 1.95. The van der Waals surface area contributed by atoms with E-state index in [4.69, 9.17) is 9.52 Å². The molecule has 0 aromatic carbocycles. The third-order valence-corrected chi connectivity index (χ3v) is 3.41. The number of hydrogen-bond donors (Lipinski definition) is 2. The molecule has 0 spiro atoms. The zero-order chi connectivity index (χ0) is 14.0. The molecule has 0 saturated heterocycles. The fourth-order valence-corrected chi connectivity index (χ4v) is 2.49. The van der Waals surface area contributed by atoms with Gasteiger partial charge < -0.3 is 9.52 Å². The molecule has 0 amide bonds. The van der Waals surface area contributed by atoms with Crippen molar-refractivity contribution >= 4 is 10.0 Å². The molecular formula is C9H12F3NO4S. The minimum atomic E-state index is -4.46. The van der Waals surface area contributed by atoms with Gasteiger partial charge in [-0.1, -0.05) is 0 Å². The second-order valence-corrected chi connectivity index (χ2v) is 5.37. The highest BCUT2D eigenvalue weighted by atomic mass is 32.2. The maximum Gasteiger partial charge on any atom is 0.390 e. The first kappa shape index (κ1) is 15.0. The predicted octanol–water partition coefficient (Wildman–Crippen LogP) is 1.39. The second kappa shape index (κ2) is 5.29. The molecule has 18 heavy (non-hydrogen) atoms. The van der Waals surface area contributed by atoms with Crippen LogP contribution in [0.5, 0.6) is 0 Å². The van der Waals surface area contributed by atoms with Crippen molar-refractivity contribution in [2.24, 2.45) is 0 Å². The summed E-state index contributed by atoms with van der Waals surface area (Å²) in [5.41, 5.74) is 0. The van der Waals surface area contributed by atoms with Crippen molar-refractivity contribution in [1.29, 1.82) is 0 Å². The Morgan fingerprint density at radius 1 is 1.44 bits per heavy atom. The molecule has 0 radical (unpaired) electrons. The molecule has 0 aliphatic rings. The maximum atomic E-state index is 12.1. The second-order valence-electron chi connectivity index (χ2n) is 3.72. The van der Waals surface area contributed by atoms with Crippen molar-refractivity contribution in [3.63, 3.8) is 0 Å². The van der Waals surface area contributed by atoms with Crippen LogP contribution >= 0.6 is 0 Å². The number of nitrogens with one attached hydrogen (secondary N) is 1. The summed E-state index contributed by atoms with van der Waals surface area (Å²) < 4.78 is 66.0. The van der Waals surface area contributed by atoms with Crippen LogP contribution in [-0.2, 0) is 16.6 Å². The van der Waals surface area contributed by atoms with Crippen LogP contribution in [0.25, 0.3) is 0 Å². The Hall–Kier alpha value is -1.06. The Bertz CT molecular complexity index is 494. The number of halogens is 3. The SMILES string of the molecule is CC(CC(F)(F)F)NS(=O)(=O)c1ccc(CO)o1. The predicted molar refractivity (Wildman–Crippen MR) is 55.1 cm³/mol. The van der Waals surface area contributed by atoms with E-state index in [9.17, 15) is 21.6 Å². The number of furan rings is 1. The van der Waals surface area contributed by atoms with Crippen molar-refractivity contribution in [3.8, 4) is 0 Å². The van der Waals surface area contributed by atoms with Crippen molar-refractivity contribution in [2.45, 2.75) is 37.3 Å². The molecule has 1 aromatic rings. The molecule has 104 valence electrons. The molecule has 1 unspecified atom stereocenters. The summed E-state index contributed by atoms with van der Waals surface area (Å²) in [6, 6.07) is 0.981. The van der Waals surface area contributed by atoms with Gasteiger partial charge in [0.15, 0.2) is 0 Å². The molecule has 0 fully saturated rings. The Labute approximate surface area is 102 Å². The molecule has 5 nitrogen and oxygen atoms in total. The molecule has 9 heteroatoms. The van der Waals surface area contributed by atoms with E-state index < -0.39 is 40.4 Å². The van der Waals surface area contributed by atoms with Gasteiger partial charge in [-0.15, -0.1) is 0 Å². The van der Waals surface area contributed by atoms with E-state index >= 15 is 0 Å². The van der Waals surface area contributed by atoms with Crippen molar-refractivity contribution in [2.75, 3.05) is 0 Å². The summed E-state index contributed by atoms with van der Waals surface area (Å²) >= 11 is 0. The highest BCUT2D eigenvalue weighted by Gasteiger charge is 2.32. The van der Waals surface area contributed by atoms with E-state index in [0.717, 1.165) is 13.0 Å². The molecule has 0 saturated carbocycles. The van der Waals surface area contributed by atoms with Crippen LogP contribution in [0.3, 0.4) is 0 Å². The minimum absolute atomic E-state index is 0.0128. The summed E-state index contributed by atoms with van der Waals surface area (Å²) in [7, 11) is -4.15. The van der Waals surface area contributed by atoms with E-state index in [1.807, 2.05) is 4.72 Å². The molecule has 1 aromatic heterocycles. The topological polar surface area (TPSA) is 79.5 Å². The van der Waals surface area contributed by atoms with Crippen molar-refractivity contribution in [3.05, 3.63) is 17.9 Å². The smallest absolute Gasteiger partial charge is 0.390 e. The molecule has 2 N–H and O–H groups in total. The molecule has 0 aliphatic carbocycles. The van der Waals surface area contributed by atoms with Crippen molar-refractivity contribution in [1.82, 2.24) is 4.72 Å². The largest absolute Gasteiger partial charge is 0.446 e. The molecule has 1 rings (SSSR count). The lowest BCUT2D eigenvalue weighted by Gasteiger charge is -2.14. The number of rotatable bonds is 5. The molecule has 1 heterocycles. The Morgan fingerprint density at radius 3 is 2.50 bits per heavy atom. The van der Waals surface area contributed by atoms with Crippen LogP contribution in [0.4, 0.5) is 13.2 Å². The maximum absolute atomic E-state index is 12.1.